The minimum atomic E-state index is -0.704. The molecule has 0 aliphatic heterocycles. The second kappa shape index (κ2) is 5.81. The Bertz CT molecular complexity index is 507. The van der Waals surface area contributed by atoms with Crippen molar-refractivity contribution in [1.82, 2.24) is 5.32 Å². The molecule has 0 saturated carbocycles. The fourth-order valence-corrected chi connectivity index (χ4v) is 2.18. The lowest BCUT2D eigenvalue weighted by molar-refractivity contribution is 0.0887. The molecule has 0 aliphatic rings. The highest BCUT2D eigenvalue weighted by Crippen LogP contribution is 2.15. The van der Waals surface area contributed by atoms with Crippen molar-refractivity contribution >= 4 is 17.2 Å². The summed E-state index contributed by atoms with van der Waals surface area (Å²) in [7, 11) is 0. The zero-order valence-electron chi connectivity index (χ0n) is 9.63. The van der Waals surface area contributed by atoms with Crippen LogP contribution >= 0.6 is 11.3 Å². The van der Waals surface area contributed by atoms with Crippen molar-refractivity contribution in [3.63, 3.8) is 0 Å². The quantitative estimate of drug-likeness (QED) is 0.760. The van der Waals surface area contributed by atoms with Crippen LogP contribution in [-0.2, 0) is 6.54 Å². The molecule has 2 aromatic rings. The van der Waals surface area contributed by atoms with Crippen LogP contribution in [0.2, 0.25) is 0 Å². The Kier molecular flexibility index (Phi) is 4.14. The molecule has 0 aliphatic carbocycles. The molecule has 1 amide bonds. The van der Waals surface area contributed by atoms with Gasteiger partial charge >= 0.3 is 0 Å². The Labute approximate surface area is 108 Å². The number of aliphatic hydroxyl groups is 1. The summed E-state index contributed by atoms with van der Waals surface area (Å²) in [5.41, 5.74) is 6.18. The van der Waals surface area contributed by atoms with Crippen molar-refractivity contribution in [3.05, 3.63) is 46.0 Å². The molecule has 2 heterocycles. The van der Waals surface area contributed by atoms with Gasteiger partial charge in [-0.05, 0) is 34.5 Å². The van der Waals surface area contributed by atoms with Gasteiger partial charge in [-0.2, -0.15) is 11.3 Å². The molecule has 1 atom stereocenters. The lowest BCUT2D eigenvalue weighted by Crippen LogP contribution is -2.27. The van der Waals surface area contributed by atoms with Gasteiger partial charge in [0.05, 0.1) is 12.6 Å². The van der Waals surface area contributed by atoms with E-state index in [1.807, 2.05) is 16.8 Å². The molecular formula is C12H14N2O3S. The normalized spacial score (nSPS) is 12.3. The number of rotatable bonds is 5. The zero-order valence-corrected chi connectivity index (χ0v) is 10.4. The smallest absolute Gasteiger partial charge is 0.287 e. The second-order valence-corrected chi connectivity index (χ2v) is 4.53. The molecule has 5 nitrogen and oxygen atoms in total. The summed E-state index contributed by atoms with van der Waals surface area (Å²) >= 11 is 1.50. The average molecular weight is 266 g/mol. The van der Waals surface area contributed by atoms with Gasteiger partial charge in [0.1, 0.15) is 5.76 Å². The Morgan fingerprint density at radius 1 is 1.50 bits per heavy atom. The third-order valence-electron chi connectivity index (χ3n) is 2.47. The maximum Gasteiger partial charge on any atom is 0.287 e. The van der Waals surface area contributed by atoms with Crippen LogP contribution in [0.15, 0.2) is 33.4 Å². The first-order valence-electron chi connectivity index (χ1n) is 5.48. The van der Waals surface area contributed by atoms with Gasteiger partial charge in [0, 0.05) is 6.54 Å². The molecule has 4 N–H and O–H groups in total. The molecule has 0 radical (unpaired) electrons. The van der Waals surface area contributed by atoms with Crippen LogP contribution in [0.5, 0.6) is 0 Å². The van der Waals surface area contributed by atoms with Gasteiger partial charge in [-0.1, -0.05) is 0 Å². The summed E-state index contributed by atoms with van der Waals surface area (Å²) < 4.78 is 5.20. The van der Waals surface area contributed by atoms with E-state index in [1.165, 1.54) is 11.3 Å². The van der Waals surface area contributed by atoms with Crippen LogP contribution in [0, 0.1) is 0 Å². The number of carbonyl (C=O) groups excluding carboxylic acids is 1. The van der Waals surface area contributed by atoms with Gasteiger partial charge in [0.15, 0.2) is 5.76 Å². The molecule has 2 aromatic heterocycles. The highest BCUT2D eigenvalue weighted by molar-refractivity contribution is 7.07. The number of carbonyl (C=O) groups is 1. The van der Waals surface area contributed by atoms with Gasteiger partial charge in [-0.15, -0.1) is 0 Å². The molecule has 6 heteroatoms. The topological polar surface area (TPSA) is 88.5 Å². The van der Waals surface area contributed by atoms with Crippen LogP contribution < -0.4 is 11.1 Å². The van der Waals surface area contributed by atoms with Gasteiger partial charge in [0.25, 0.3) is 5.91 Å². The van der Waals surface area contributed by atoms with E-state index in [2.05, 4.69) is 5.32 Å². The molecule has 0 fully saturated rings. The first-order valence-corrected chi connectivity index (χ1v) is 6.42. The number of thiophene rings is 1. The SMILES string of the molecule is NCc1ccc(C(=O)NCC(O)c2ccsc2)o1. The molecule has 96 valence electrons. The molecule has 18 heavy (non-hydrogen) atoms. The van der Waals surface area contributed by atoms with Crippen LogP contribution in [-0.4, -0.2) is 17.6 Å². The predicted molar refractivity (Wildman–Crippen MR) is 68.2 cm³/mol. The third kappa shape index (κ3) is 2.98. The highest BCUT2D eigenvalue weighted by atomic mass is 32.1. The fourth-order valence-electron chi connectivity index (χ4n) is 1.47. The van der Waals surface area contributed by atoms with Crippen molar-refractivity contribution in [2.75, 3.05) is 6.54 Å². The lowest BCUT2D eigenvalue weighted by atomic mass is 10.2. The average Bonchev–Trinajstić information content (AvgIpc) is 3.05. The molecular weight excluding hydrogens is 252 g/mol. The minimum Gasteiger partial charge on any atom is -0.455 e. The summed E-state index contributed by atoms with van der Waals surface area (Å²) in [4.78, 5) is 11.7. The first kappa shape index (κ1) is 12.8. The van der Waals surface area contributed by atoms with Crippen LogP contribution in [0.3, 0.4) is 0 Å². The number of amides is 1. The van der Waals surface area contributed by atoms with Gasteiger partial charge in [-0.25, -0.2) is 0 Å². The van der Waals surface area contributed by atoms with Crippen molar-refractivity contribution < 1.29 is 14.3 Å². The Hall–Kier alpha value is -1.63. The monoisotopic (exact) mass is 266 g/mol. The number of hydrogen-bond acceptors (Lipinski definition) is 5. The molecule has 2 rings (SSSR count). The highest BCUT2D eigenvalue weighted by Gasteiger charge is 2.13. The zero-order chi connectivity index (χ0) is 13.0. The molecule has 0 aromatic carbocycles. The Morgan fingerprint density at radius 3 is 2.94 bits per heavy atom. The largest absolute Gasteiger partial charge is 0.455 e. The number of nitrogens with two attached hydrogens (primary N) is 1. The second-order valence-electron chi connectivity index (χ2n) is 3.75. The predicted octanol–water partition coefficient (Wildman–Crippen LogP) is 1.26. The van der Waals surface area contributed by atoms with E-state index < -0.39 is 6.10 Å². The van der Waals surface area contributed by atoms with Gasteiger partial charge in [0.2, 0.25) is 0 Å². The standard InChI is InChI=1S/C12H14N2O3S/c13-5-9-1-2-11(17-9)12(16)14-6-10(15)8-3-4-18-7-8/h1-4,7,10,15H,5-6,13H2,(H,14,16). The van der Waals surface area contributed by atoms with E-state index in [0.29, 0.717) is 5.76 Å². The summed E-state index contributed by atoms with van der Waals surface area (Å²) in [6, 6.07) is 5.04. The van der Waals surface area contributed by atoms with E-state index in [9.17, 15) is 9.90 Å². The maximum absolute atomic E-state index is 11.7. The van der Waals surface area contributed by atoms with Crippen molar-refractivity contribution in [2.24, 2.45) is 5.73 Å². The summed E-state index contributed by atoms with van der Waals surface area (Å²) in [5.74, 6) is 0.399. The van der Waals surface area contributed by atoms with E-state index >= 15 is 0 Å². The summed E-state index contributed by atoms with van der Waals surface area (Å²) in [6.07, 6.45) is -0.704. The summed E-state index contributed by atoms with van der Waals surface area (Å²) in [5, 5.41) is 16.1. The van der Waals surface area contributed by atoms with Gasteiger partial charge in [-0.3, -0.25) is 4.79 Å². The van der Waals surface area contributed by atoms with Crippen molar-refractivity contribution in [1.29, 1.82) is 0 Å². The number of hydrogen-bond donors (Lipinski definition) is 3. The van der Waals surface area contributed by atoms with Crippen molar-refractivity contribution in [2.45, 2.75) is 12.6 Å². The van der Waals surface area contributed by atoms with Crippen LogP contribution in [0.4, 0.5) is 0 Å². The Balaban J connectivity index is 1.88. The molecule has 0 bridgehead atoms. The Morgan fingerprint density at radius 2 is 2.33 bits per heavy atom. The fraction of sp³-hybridized carbons (Fsp3) is 0.250. The molecule has 1 unspecified atom stereocenters. The van der Waals surface area contributed by atoms with E-state index in [0.717, 1.165) is 5.56 Å². The van der Waals surface area contributed by atoms with Gasteiger partial charge < -0.3 is 20.6 Å². The summed E-state index contributed by atoms with van der Waals surface area (Å²) in [6.45, 7) is 0.402. The van der Waals surface area contributed by atoms with E-state index in [-0.39, 0.29) is 24.8 Å². The third-order valence-corrected chi connectivity index (χ3v) is 3.17. The van der Waals surface area contributed by atoms with Crippen LogP contribution in [0.1, 0.15) is 28.0 Å². The number of nitrogens with one attached hydrogen (secondary N) is 1. The lowest BCUT2D eigenvalue weighted by Gasteiger charge is -2.09. The van der Waals surface area contributed by atoms with Crippen LogP contribution in [0.25, 0.3) is 0 Å². The van der Waals surface area contributed by atoms with E-state index in [1.54, 1.807) is 12.1 Å². The van der Waals surface area contributed by atoms with E-state index in [4.69, 9.17) is 10.2 Å². The molecule has 0 spiro atoms. The number of aliphatic hydroxyl groups excluding tert-OH is 1. The minimum absolute atomic E-state index is 0.147. The number of furan rings is 1. The van der Waals surface area contributed by atoms with Crippen molar-refractivity contribution in [3.8, 4) is 0 Å². The first-order chi connectivity index (χ1) is 8.70. The maximum atomic E-state index is 11.7. The molecule has 0 saturated heterocycles.